The van der Waals surface area contributed by atoms with Gasteiger partial charge in [0.2, 0.25) is 0 Å². The summed E-state index contributed by atoms with van der Waals surface area (Å²) in [5, 5.41) is 0. The number of hydrogen-bond donors (Lipinski definition) is 1. The highest BCUT2D eigenvalue weighted by Crippen LogP contribution is 2.35. The van der Waals surface area contributed by atoms with Crippen molar-refractivity contribution in [1.82, 2.24) is 4.90 Å². The standard InChI is InChI=1S/C15H22BrN3/c1-18-6-8-19(9-7-18)15-5-4-14(16)12-3-2-11(17)10-13(12)15/h4-5,11H,2-3,6-10,17H2,1H3. The number of piperazine rings is 1. The average Bonchev–Trinajstić information content (AvgIpc) is 2.40. The van der Waals surface area contributed by atoms with Crippen molar-refractivity contribution in [3.05, 3.63) is 27.7 Å². The van der Waals surface area contributed by atoms with E-state index in [4.69, 9.17) is 5.73 Å². The minimum atomic E-state index is 0.327. The molecule has 3 rings (SSSR count). The Kier molecular flexibility index (Phi) is 3.83. The molecule has 0 bridgehead atoms. The fraction of sp³-hybridized carbons (Fsp3) is 0.600. The predicted octanol–water partition coefficient (Wildman–Crippen LogP) is 2.02. The lowest BCUT2D eigenvalue weighted by atomic mass is 9.87. The molecule has 0 aromatic heterocycles. The van der Waals surface area contributed by atoms with Crippen molar-refractivity contribution < 1.29 is 0 Å². The van der Waals surface area contributed by atoms with Crippen LogP contribution in [0.4, 0.5) is 5.69 Å². The number of benzene rings is 1. The molecule has 1 aromatic carbocycles. The van der Waals surface area contributed by atoms with E-state index in [1.165, 1.54) is 21.3 Å². The molecule has 104 valence electrons. The summed E-state index contributed by atoms with van der Waals surface area (Å²) in [5.41, 5.74) is 10.6. The molecule has 1 saturated heterocycles. The second-order valence-electron chi connectivity index (χ2n) is 5.82. The summed E-state index contributed by atoms with van der Waals surface area (Å²) in [6.45, 7) is 4.55. The van der Waals surface area contributed by atoms with E-state index in [9.17, 15) is 0 Å². The van der Waals surface area contributed by atoms with Crippen LogP contribution in [0, 0.1) is 0 Å². The summed E-state index contributed by atoms with van der Waals surface area (Å²) in [7, 11) is 2.20. The van der Waals surface area contributed by atoms with Gasteiger partial charge in [-0.3, -0.25) is 0 Å². The van der Waals surface area contributed by atoms with Crippen molar-refractivity contribution in [3.8, 4) is 0 Å². The molecule has 4 heteroatoms. The van der Waals surface area contributed by atoms with E-state index >= 15 is 0 Å². The molecular weight excluding hydrogens is 302 g/mol. The molecule has 0 spiro atoms. The maximum absolute atomic E-state index is 6.18. The van der Waals surface area contributed by atoms with Gasteiger partial charge in [-0.1, -0.05) is 15.9 Å². The van der Waals surface area contributed by atoms with Crippen LogP contribution in [-0.4, -0.2) is 44.2 Å². The van der Waals surface area contributed by atoms with E-state index in [1.807, 2.05) is 0 Å². The SMILES string of the molecule is CN1CCN(c2ccc(Br)c3c2CC(N)CC3)CC1. The molecule has 1 heterocycles. The maximum Gasteiger partial charge on any atom is 0.0403 e. The molecule has 1 aromatic rings. The third-order valence-corrected chi connectivity index (χ3v) is 5.17. The van der Waals surface area contributed by atoms with Crippen LogP contribution in [0.1, 0.15) is 17.5 Å². The highest BCUT2D eigenvalue weighted by molar-refractivity contribution is 9.10. The van der Waals surface area contributed by atoms with Gasteiger partial charge in [0.1, 0.15) is 0 Å². The van der Waals surface area contributed by atoms with Crippen LogP contribution in [0.25, 0.3) is 0 Å². The number of halogens is 1. The minimum Gasteiger partial charge on any atom is -0.369 e. The van der Waals surface area contributed by atoms with Gasteiger partial charge >= 0.3 is 0 Å². The topological polar surface area (TPSA) is 32.5 Å². The summed E-state index contributed by atoms with van der Waals surface area (Å²) < 4.78 is 1.26. The van der Waals surface area contributed by atoms with Gasteiger partial charge < -0.3 is 15.5 Å². The van der Waals surface area contributed by atoms with Gasteiger partial charge in [-0.15, -0.1) is 0 Å². The van der Waals surface area contributed by atoms with Crippen molar-refractivity contribution in [2.45, 2.75) is 25.3 Å². The Morgan fingerprint density at radius 3 is 2.63 bits per heavy atom. The van der Waals surface area contributed by atoms with Gasteiger partial charge in [0.05, 0.1) is 0 Å². The number of rotatable bonds is 1. The first-order valence-corrected chi connectivity index (χ1v) is 7.94. The third-order valence-electron chi connectivity index (χ3n) is 4.42. The lowest BCUT2D eigenvalue weighted by Crippen LogP contribution is -2.45. The van der Waals surface area contributed by atoms with Crippen LogP contribution in [0.2, 0.25) is 0 Å². The van der Waals surface area contributed by atoms with Crippen LogP contribution < -0.4 is 10.6 Å². The predicted molar refractivity (Wildman–Crippen MR) is 83.9 cm³/mol. The van der Waals surface area contributed by atoms with E-state index in [-0.39, 0.29) is 0 Å². The maximum atomic E-state index is 6.18. The minimum absolute atomic E-state index is 0.327. The second kappa shape index (κ2) is 5.43. The molecular formula is C15H22BrN3. The Hall–Kier alpha value is -0.580. The summed E-state index contributed by atoms with van der Waals surface area (Å²) in [4.78, 5) is 4.93. The van der Waals surface area contributed by atoms with Crippen molar-refractivity contribution in [2.24, 2.45) is 5.73 Å². The second-order valence-corrected chi connectivity index (χ2v) is 6.67. The van der Waals surface area contributed by atoms with Crippen LogP contribution in [0.5, 0.6) is 0 Å². The number of fused-ring (bicyclic) bond motifs is 1. The average molecular weight is 324 g/mol. The first-order valence-electron chi connectivity index (χ1n) is 7.14. The zero-order valence-electron chi connectivity index (χ0n) is 11.5. The molecule has 2 N–H and O–H groups in total. The number of hydrogen-bond acceptors (Lipinski definition) is 3. The highest BCUT2D eigenvalue weighted by atomic mass is 79.9. The largest absolute Gasteiger partial charge is 0.369 e. The first-order chi connectivity index (χ1) is 9.15. The molecule has 2 aliphatic rings. The van der Waals surface area contributed by atoms with Gasteiger partial charge in [0, 0.05) is 42.4 Å². The van der Waals surface area contributed by atoms with Gasteiger partial charge in [-0.2, -0.15) is 0 Å². The lowest BCUT2D eigenvalue weighted by molar-refractivity contribution is 0.312. The number of anilines is 1. The molecule has 1 atom stereocenters. The Morgan fingerprint density at radius 2 is 1.89 bits per heavy atom. The molecule has 0 amide bonds. The zero-order valence-corrected chi connectivity index (χ0v) is 13.1. The van der Waals surface area contributed by atoms with Gasteiger partial charge in [-0.05, 0) is 49.6 Å². The van der Waals surface area contributed by atoms with E-state index < -0.39 is 0 Å². The van der Waals surface area contributed by atoms with Crippen LogP contribution in [0.15, 0.2) is 16.6 Å². The Bertz CT molecular complexity index is 467. The van der Waals surface area contributed by atoms with Gasteiger partial charge in [0.25, 0.3) is 0 Å². The summed E-state index contributed by atoms with van der Waals surface area (Å²) >= 11 is 3.70. The summed E-state index contributed by atoms with van der Waals surface area (Å²) in [6, 6.07) is 4.81. The molecule has 1 aliphatic heterocycles. The third kappa shape index (κ3) is 2.67. The Morgan fingerprint density at radius 1 is 1.16 bits per heavy atom. The summed E-state index contributed by atoms with van der Waals surface area (Å²) in [6.07, 6.45) is 3.24. The normalized spacial score (nSPS) is 24.4. The van der Waals surface area contributed by atoms with E-state index in [0.29, 0.717) is 6.04 Å². The van der Waals surface area contributed by atoms with Crippen molar-refractivity contribution in [2.75, 3.05) is 38.1 Å². The van der Waals surface area contributed by atoms with E-state index in [0.717, 1.165) is 45.4 Å². The van der Waals surface area contributed by atoms with Crippen molar-refractivity contribution in [1.29, 1.82) is 0 Å². The fourth-order valence-electron chi connectivity index (χ4n) is 3.19. The molecule has 1 aliphatic carbocycles. The van der Waals surface area contributed by atoms with Crippen LogP contribution >= 0.6 is 15.9 Å². The first kappa shape index (κ1) is 13.4. The van der Waals surface area contributed by atoms with Crippen LogP contribution in [0.3, 0.4) is 0 Å². The van der Waals surface area contributed by atoms with Gasteiger partial charge in [0.15, 0.2) is 0 Å². The quantitative estimate of drug-likeness (QED) is 0.858. The summed E-state index contributed by atoms with van der Waals surface area (Å²) in [5.74, 6) is 0. The monoisotopic (exact) mass is 323 g/mol. The van der Waals surface area contributed by atoms with Crippen molar-refractivity contribution >= 4 is 21.6 Å². The Labute approximate surface area is 123 Å². The number of nitrogens with zero attached hydrogens (tertiary/aromatic N) is 2. The van der Waals surface area contributed by atoms with Gasteiger partial charge in [-0.25, -0.2) is 0 Å². The van der Waals surface area contributed by atoms with Crippen LogP contribution in [-0.2, 0) is 12.8 Å². The number of nitrogens with two attached hydrogens (primary N) is 1. The molecule has 0 saturated carbocycles. The molecule has 19 heavy (non-hydrogen) atoms. The lowest BCUT2D eigenvalue weighted by Gasteiger charge is -2.37. The molecule has 1 fully saturated rings. The molecule has 1 unspecified atom stereocenters. The van der Waals surface area contributed by atoms with E-state index in [1.54, 1.807) is 0 Å². The molecule has 3 nitrogen and oxygen atoms in total. The smallest absolute Gasteiger partial charge is 0.0403 e. The Balaban J connectivity index is 1.93. The highest BCUT2D eigenvalue weighted by Gasteiger charge is 2.24. The number of likely N-dealkylation sites (N-methyl/N-ethyl adjacent to an activating group) is 1. The fourth-order valence-corrected chi connectivity index (χ4v) is 3.76. The molecule has 0 radical (unpaired) electrons. The van der Waals surface area contributed by atoms with E-state index in [2.05, 4.69) is 44.9 Å². The zero-order chi connectivity index (χ0) is 13.4. The van der Waals surface area contributed by atoms with Crippen molar-refractivity contribution in [3.63, 3.8) is 0 Å².